The molecule has 1 aromatic rings. The first-order valence-electron chi connectivity index (χ1n) is 6.25. The second-order valence-corrected chi connectivity index (χ2v) is 4.91. The lowest BCUT2D eigenvalue weighted by Gasteiger charge is -2.18. The predicted molar refractivity (Wildman–Crippen MR) is 68.8 cm³/mol. The Bertz CT molecular complexity index is 449. The zero-order valence-electron chi connectivity index (χ0n) is 10.2. The fraction of sp³-hybridized carbons (Fsp3) is 0.500. The Morgan fingerprint density at radius 2 is 2.18 bits per heavy atom. The van der Waals surface area contributed by atoms with Gasteiger partial charge in [-0.3, -0.25) is 4.99 Å². The van der Waals surface area contributed by atoms with Crippen molar-refractivity contribution in [3.05, 3.63) is 29.8 Å². The van der Waals surface area contributed by atoms with Gasteiger partial charge in [0.05, 0.1) is 19.5 Å². The van der Waals surface area contributed by atoms with Crippen molar-refractivity contribution in [2.75, 3.05) is 20.2 Å². The smallest absolute Gasteiger partial charge is 0.122 e. The van der Waals surface area contributed by atoms with E-state index >= 15 is 0 Å². The van der Waals surface area contributed by atoms with Crippen LogP contribution in [0.5, 0.6) is 5.75 Å². The molecule has 0 bridgehead atoms. The third kappa shape index (κ3) is 1.90. The van der Waals surface area contributed by atoms with E-state index < -0.39 is 0 Å². The molecule has 1 fully saturated rings. The van der Waals surface area contributed by atoms with E-state index in [1.165, 1.54) is 24.2 Å². The zero-order valence-corrected chi connectivity index (χ0v) is 10.2. The van der Waals surface area contributed by atoms with Crippen molar-refractivity contribution < 1.29 is 4.74 Å². The second-order valence-electron chi connectivity index (χ2n) is 4.91. The normalized spacial score (nSPS) is 20.6. The number of methoxy groups -OCH3 is 1. The molecule has 0 aromatic heterocycles. The maximum atomic E-state index is 5.48. The van der Waals surface area contributed by atoms with Gasteiger partial charge in [-0.25, -0.2) is 0 Å². The summed E-state index contributed by atoms with van der Waals surface area (Å²) < 4.78 is 5.48. The van der Waals surface area contributed by atoms with Crippen LogP contribution in [0.1, 0.15) is 24.8 Å². The van der Waals surface area contributed by atoms with Crippen LogP contribution in [-0.2, 0) is 5.41 Å². The minimum Gasteiger partial charge on any atom is -0.496 e. The molecule has 3 rings (SSSR count). The third-order valence-corrected chi connectivity index (χ3v) is 3.78. The van der Waals surface area contributed by atoms with Gasteiger partial charge in [0.15, 0.2) is 0 Å². The number of aliphatic imine (C=N–C) groups is 1. The predicted octanol–water partition coefficient (Wildman–Crippen LogP) is 2.12. The van der Waals surface area contributed by atoms with Crippen molar-refractivity contribution in [2.24, 2.45) is 4.99 Å². The van der Waals surface area contributed by atoms with Crippen LogP contribution >= 0.6 is 0 Å². The fourth-order valence-electron chi connectivity index (χ4n) is 2.66. The Morgan fingerprint density at radius 1 is 1.35 bits per heavy atom. The number of para-hydroxylation sites is 1. The number of amidine groups is 1. The molecular formula is C14H18N2O. The van der Waals surface area contributed by atoms with Gasteiger partial charge in [-0.15, -0.1) is 0 Å². The molecule has 0 radical (unpaired) electrons. The molecule has 0 atom stereocenters. The second kappa shape index (κ2) is 4.06. The highest BCUT2D eigenvalue weighted by molar-refractivity contribution is 5.85. The average Bonchev–Trinajstić information content (AvgIpc) is 2.96. The Morgan fingerprint density at radius 3 is 2.82 bits per heavy atom. The minimum atomic E-state index is 0.281. The Labute approximate surface area is 102 Å². The summed E-state index contributed by atoms with van der Waals surface area (Å²) in [5.41, 5.74) is 1.63. The number of nitrogens with zero attached hydrogens (tertiary/aromatic N) is 1. The molecule has 1 aliphatic heterocycles. The lowest BCUT2D eigenvalue weighted by Crippen LogP contribution is -2.24. The number of benzene rings is 1. The van der Waals surface area contributed by atoms with Crippen molar-refractivity contribution in [1.82, 2.24) is 5.32 Å². The number of hydrogen-bond acceptors (Lipinski definition) is 3. The summed E-state index contributed by atoms with van der Waals surface area (Å²) in [5.74, 6) is 2.19. The van der Waals surface area contributed by atoms with E-state index in [4.69, 9.17) is 4.74 Å². The van der Waals surface area contributed by atoms with Gasteiger partial charge in [0.2, 0.25) is 0 Å². The van der Waals surface area contributed by atoms with Crippen molar-refractivity contribution in [1.29, 1.82) is 0 Å². The van der Waals surface area contributed by atoms with Crippen LogP contribution in [0.3, 0.4) is 0 Å². The number of rotatable bonds is 4. The van der Waals surface area contributed by atoms with Crippen LogP contribution in [0, 0.1) is 0 Å². The molecule has 0 spiro atoms. The van der Waals surface area contributed by atoms with Crippen molar-refractivity contribution in [3.8, 4) is 5.75 Å². The van der Waals surface area contributed by atoms with E-state index in [0.717, 1.165) is 25.3 Å². The quantitative estimate of drug-likeness (QED) is 0.859. The molecule has 3 heteroatoms. The molecule has 0 saturated heterocycles. The van der Waals surface area contributed by atoms with Crippen molar-refractivity contribution in [2.45, 2.75) is 24.7 Å². The van der Waals surface area contributed by atoms with E-state index in [1.54, 1.807) is 7.11 Å². The number of ether oxygens (including phenoxy) is 1. The summed E-state index contributed by atoms with van der Waals surface area (Å²) in [4.78, 5) is 4.51. The first kappa shape index (κ1) is 10.6. The standard InChI is InChI=1S/C14H18N2O/c1-17-12-5-3-2-4-11(12)14(6-7-14)10-13-15-8-9-16-13/h2-5H,6-10H2,1H3,(H,15,16). The van der Waals surface area contributed by atoms with E-state index in [-0.39, 0.29) is 5.41 Å². The zero-order chi connectivity index (χ0) is 11.7. The largest absolute Gasteiger partial charge is 0.496 e. The summed E-state index contributed by atoms with van der Waals surface area (Å²) >= 11 is 0. The molecule has 1 aromatic carbocycles. The molecule has 1 N–H and O–H groups in total. The van der Waals surface area contributed by atoms with Crippen LogP contribution in [0.25, 0.3) is 0 Å². The molecule has 0 unspecified atom stereocenters. The Balaban J connectivity index is 1.86. The topological polar surface area (TPSA) is 33.6 Å². The van der Waals surface area contributed by atoms with E-state index in [9.17, 15) is 0 Å². The molecule has 90 valence electrons. The maximum absolute atomic E-state index is 5.48. The van der Waals surface area contributed by atoms with E-state index in [2.05, 4.69) is 28.5 Å². The Hall–Kier alpha value is -1.51. The lowest BCUT2D eigenvalue weighted by molar-refractivity contribution is 0.404. The van der Waals surface area contributed by atoms with Crippen LogP contribution in [0.4, 0.5) is 0 Å². The first-order valence-corrected chi connectivity index (χ1v) is 6.25. The van der Waals surface area contributed by atoms with Gasteiger partial charge in [0, 0.05) is 23.9 Å². The monoisotopic (exact) mass is 230 g/mol. The SMILES string of the molecule is COc1ccccc1C1(CC2=NCCN2)CC1. The van der Waals surface area contributed by atoms with Gasteiger partial charge in [-0.05, 0) is 18.9 Å². The fourth-order valence-corrected chi connectivity index (χ4v) is 2.66. The van der Waals surface area contributed by atoms with Gasteiger partial charge >= 0.3 is 0 Å². The molecule has 3 nitrogen and oxygen atoms in total. The molecular weight excluding hydrogens is 212 g/mol. The van der Waals surface area contributed by atoms with Gasteiger partial charge in [0.25, 0.3) is 0 Å². The first-order chi connectivity index (χ1) is 8.34. The lowest BCUT2D eigenvalue weighted by atomic mass is 9.91. The Kier molecular flexibility index (Phi) is 2.54. The molecule has 17 heavy (non-hydrogen) atoms. The molecule has 0 amide bonds. The highest BCUT2D eigenvalue weighted by Gasteiger charge is 2.46. The van der Waals surface area contributed by atoms with Crippen LogP contribution in [0.2, 0.25) is 0 Å². The highest BCUT2D eigenvalue weighted by Crippen LogP contribution is 2.53. The van der Waals surface area contributed by atoms with Crippen LogP contribution in [0.15, 0.2) is 29.3 Å². The number of nitrogens with one attached hydrogen (secondary N) is 1. The third-order valence-electron chi connectivity index (χ3n) is 3.78. The summed E-state index contributed by atoms with van der Waals surface area (Å²) in [7, 11) is 1.75. The summed E-state index contributed by atoms with van der Waals surface area (Å²) in [6.45, 7) is 1.93. The minimum absolute atomic E-state index is 0.281. The summed E-state index contributed by atoms with van der Waals surface area (Å²) in [5, 5.41) is 3.37. The molecule has 1 heterocycles. The van der Waals surface area contributed by atoms with Gasteiger partial charge in [-0.1, -0.05) is 18.2 Å². The van der Waals surface area contributed by atoms with Crippen molar-refractivity contribution >= 4 is 5.84 Å². The van der Waals surface area contributed by atoms with Crippen LogP contribution < -0.4 is 10.1 Å². The molecule has 2 aliphatic rings. The van der Waals surface area contributed by atoms with Crippen molar-refractivity contribution in [3.63, 3.8) is 0 Å². The van der Waals surface area contributed by atoms with E-state index in [1.807, 2.05) is 6.07 Å². The highest BCUT2D eigenvalue weighted by atomic mass is 16.5. The summed E-state index contributed by atoms with van der Waals surface area (Å²) in [6.07, 6.45) is 3.52. The molecule has 1 aliphatic carbocycles. The number of hydrogen-bond donors (Lipinski definition) is 1. The van der Waals surface area contributed by atoms with E-state index in [0.29, 0.717) is 0 Å². The van der Waals surface area contributed by atoms with Gasteiger partial charge in [0.1, 0.15) is 5.75 Å². The average molecular weight is 230 g/mol. The van der Waals surface area contributed by atoms with Gasteiger partial charge in [-0.2, -0.15) is 0 Å². The van der Waals surface area contributed by atoms with Crippen LogP contribution in [-0.4, -0.2) is 26.0 Å². The molecule has 1 saturated carbocycles. The maximum Gasteiger partial charge on any atom is 0.122 e. The summed E-state index contributed by atoms with van der Waals surface area (Å²) in [6, 6.07) is 8.38. The van der Waals surface area contributed by atoms with Gasteiger partial charge < -0.3 is 10.1 Å².